The SMILES string of the molecule is Br.COc1ccc(C2=NN(c3nc(-c4ccc(OC)c(Br)c4)cs3)C(c3ccco3)C2)cc1. The van der Waals surface area contributed by atoms with Crippen LogP contribution in [-0.4, -0.2) is 24.9 Å². The molecule has 0 N–H and O–H groups in total. The van der Waals surface area contributed by atoms with E-state index in [1.807, 2.05) is 65.0 Å². The van der Waals surface area contributed by atoms with Crippen LogP contribution in [0.4, 0.5) is 5.13 Å². The molecule has 170 valence electrons. The van der Waals surface area contributed by atoms with Crippen LogP contribution in [0.5, 0.6) is 11.5 Å². The highest BCUT2D eigenvalue weighted by molar-refractivity contribution is 9.10. The monoisotopic (exact) mass is 589 g/mol. The van der Waals surface area contributed by atoms with Gasteiger partial charge in [0.25, 0.3) is 0 Å². The van der Waals surface area contributed by atoms with Gasteiger partial charge in [-0.3, -0.25) is 0 Å². The smallest absolute Gasteiger partial charge is 0.207 e. The molecule has 0 bridgehead atoms. The van der Waals surface area contributed by atoms with Crippen molar-refractivity contribution in [3.8, 4) is 22.8 Å². The maximum atomic E-state index is 5.74. The number of methoxy groups -OCH3 is 2. The van der Waals surface area contributed by atoms with Crippen molar-refractivity contribution in [1.29, 1.82) is 0 Å². The Kier molecular flexibility index (Phi) is 7.21. The molecule has 6 nitrogen and oxygen atoms in total. The molecule has 33 heavy (non-hydrogen) atoms. The summed E-state index contributed by atoms with van der Waals surface area (Å²) < 4.78 is 17.3. The van der Waals surface area contributed by atoms with E-state index in [0.717, 1.165) is 55.8 Å². The Hall–Kier alpha value is -2.62. The van der Waals surface area contributed by atoms with Crippen LogP contribution in [0.2, 0.25) is 0 Å². The number of hydrazone groups is 1. The van der Waals surface area contributed by atoms with Gasteiger partial charge in [0, 0.05) is 17.4 Å². The molecular formula is C24H21Br2N3O3S. The number of hydrogen-bond acceptors (Lipinski definition) is 7. The molecule has 5 rings (SSSR count). The van der Waals surface area contributed by atoms with Crippen LogP contribution in [0, 0.1) is 0 Å². The van der Waals surface area contributed by atoms with Crippen molar-refractivity contribution in [2.24, 2.45) is 5.10 Å². The second-order valence-electron chi connectivity index (χ2n) is 7.22. The van der Waals surface area contributed by atoms with E-state index in [2.05, 4.69) is 15.9 Å². The van der Waals surface area contributed by atoms with Gasteiger partial charge in [-0.05, 0) is 76.1 Å². The zero-order chi connectivity index (χ0) is 22.1. The highest BCUT2D eigenvalue weighted by Gasteiger charge is 2.33. The number of ether oxygens (including phenoxy) is 2. The Morgan fingerprint density at radius 3 is 2.52 bits per heavy atom. The van der Waals surface area contributed by atoms with Gasteiger partial charge >= 0.3 is 0 Å². The quantitative estimate of drug-likeness (QED) is 0.239. The van der Waals surface area contributed by atoms with Crippen molar-refractivity contribution < 1.29 is 13.9 Å². The van der Waals surface area contributed by atoms with Gasteiger partial charge < -0.3 is 13.9 Å². The molecule has 0 saturated carbocycles. The molecule has 9 heteroatoms. The van der Waals surface area contributed by atoms with E-state index in [9.17, 15) is 0 Å². The lowest BCUT2D eigenvalue weighted by Crippen LogP contribution is -2.17. The van der Waals surface area contributed by atoms with Crippen molar-refractivity contribution in [1.82, 2.24) is 4.98 Å². The summed E-state index contributed by atoms with van der Waals surface area (Å²) in [5.41, 5.74) is 3.94. The summed E-state index contributed by atoms with van der Waals surface area (Å²) in [6.45, 7) is 0. The number of hydrogen-bond donors (Lipinski definition) is 0. The Labute approximate surface area is 214 Å². The van der Waals surface area contributed by atoms with E-state index in [-0.39, 0.29) is 23.0 Å². The van der Waals surface area contributed by atoms with Crippen molar-refractivity contribution >= 4 is 55.1 Å². The Morgan fingerprint density at radius 2 is 1.85 bits per heavy atom. The lowest BCUT2D eigenvalue weighted by atomic mass is 10.0. The van der Waals surface area contributed by atoms with Gasteiger partial charge in [-0.2, -0.15) is 5.10 Å². The number of aromatic nitrogens is 1. The van der Waals surface area contributed by atoms with Crippen LogP contribution in [-0.2, 0) is 0 Å². The van der Waals surface area contributed by atoms with Gasteiger partial charge in [-0.25, -0.2) is 9.99 Å². The second kappa shape index (κ2) is 10.1. The van der Waals surface area contributed by atoms with Gasteiger partial charge in [-0.1, -0.05) is 0 Å². The zero-order valence-electron chi connectivity index (χ0n) is 17.9. The third-order valence-corrected chi connectivity index (χ3v) is 6.79. The van der Waals surface area contributed by atoms with E-state index in [4.69, 9.17) is 24.0 Å². The normalized spacial score (nSPS) is 15.2. The van der Waals surface area contributed by atoms with Crippen LogP contribution < -0.4 is 14.5 Å². The molecule has 0 amide bonds. The summed E-state index contributed by atoms with van der Waals surface area (Å²) in [6.07, 6.45) is 2.42. The summed E-state index contributed by atoms with van der Waals surface area (Å²) >= 11 is 5.12. The summed E-state index contributed by atoms with van der Waals surface area (Å²) in [4.78, 5) is 4.89. The summed E-state index contributed by atoms with van der Waals surface area (Å²) in [5, 5.41) is 9.77. The number of nitrogens with zero attached hydrogens (tertiary/aromatic N) is 3. The minimum atomic E-state index is -0.0521. The molecule has 3 heterocycles. The number of thiazole rings is 1. The molecule has 1 unspecified atom stereocenters. The van der Waals surface area contributed by atoms with E-state index >= 15 is 0 Å². The van der Waals surface area contributed by atoms with Crippen molar-refractivity contribution in [2.45, 2.75) is 12.5 Å². The molecule has 0 fully saturated rings. The van der Waals surface area contributed by atoms with Crippen molar-refractivity contribution in [3.63, 3.8) is 0 Å². The van der Waals surface area contributed by atoms with Crippen LogP contribution in [0.1, 0.15) is 23.8 Å². The summed E-state index contributed by atoms with van der Waals surface area (Å²) in [6, 6.07) is 17.7. The fourth-order valence-corrected chi connectivity index (χ4v) is 5.05. The molecule has 0 saturated heterocycles. The minimum Gasteiger partial charge on any atom is -0.497 e. The number of anilines is 1. The highest BCUT2D eigenvalue weighted by atomic mass is 79.9. The van der Waals surface area contributed by atoms with Crippen LogP contribution in [0.3, 0.4) is 0 Å². The molecule has 2 aromatic heterocycles. The molecule has 1 aliphatic heterocycles. The topological polar surface area (TPSA) is 60.1 Å². The van der Waals surface area contributed by atoms with E-state index < -0.39 is 0 Å². The van der Waals surface area contributed by atoms with Gasteiger partial charge in [0.05, 0.1) is 36.4 Å². The molecule has 0 radical (unpaired) electrons. The second-order valence-corrected chi connectivity index (χ2v) is 8.91. The number of halogens is 2. The van der Waals surface area contributed by atoms with Crippen LogP contribution in [0.25, 0.3) is 11.3 Å². The highest BCUT2D eigenvalue weighted by Crippen LogP contribution is 2.40. The predicted molar refractivity (Wildman–Crippen MR) is 140 cm³/mol. The molecular weight excluding hydrogens is 570 g/mol. The molecule has 4 aromatic rings. The lowest BCUT2D eigenvalue weighted by Gasteiger charge is -2.18. The third-order valence-electron chi connectivity index (χ3n) is 5.34. The first-order chi connectivity index (χ1) is 15.7. The lowest BCUT2D eigenvalue weighted by molar-refractivity contribution is 0.412. The van der Waals surface area contributed by atoms with E-state index in [1.165, 1.54) is 0 Å². The maximum Gasteiger partial charge on any atom is 0.207 e. The average Bonchev–Trinajstić information content (AvgIpc) is 3.59. The van der Waals surface area contributed by atoms with Crippen molar-refractivity contribution in [2.75, 3.05) is 19.2 Å². The summed E-state index contributed by atoms with van der Waals surface area (Å²) in [7, 11) is 3.32. The fourth-order valence-electron chi connectivity index (χ4n) is 3.68. The molecule has 0 spiro atoms. The number of furan rings is 1. The first kappa shape index (κ1) is 23.5. The molecule has 2 aromatic carbocycles. The fraction of sp³-hybridized carbons (Fsp3) is 0.167. The molecule has 1 aliphatic rings. The molecule has 1 atom stereocenters. The summed E-state index contributed by atoms with van der Waals surface area (Å²) in [5.74, 6) is 2.47. The third kappa shape index (κ3) is 4.71. The Balaban J connectivity index is 0.00000259. The Bertz CT molecular complexity index is 1260. The Morgan fingerprint density at radius 1 is 1.06 bits per heavy atom. The van der Waals surface area contributed by atoms with Crippen molar-refractivity contribution in [3.05, 3.63) is 82.0 Å². The van der Waals surface area contributed by atoms with E-state index in [0.29, 0.717) is 0 Å². The van der Waals surface area contributed by atoms with Gasteiger partial charge in [0.2, 0.25) is 5.13 Å². The van der Waals surface area contributed by atoms with Gasteiger partial charge in [0.1, 0.15) is 23.3 Å². The van der Waals surface area contributed by atoms with E-state index in [1.54, 1.807) is 31.8 Å². The average molecular weight is 591 g/mol. The van der Waals surface area contributed by atoms with Gasteiger partial charge in [0.15, 0.2) is 0 Å². The largest absolute Gasteiger partial charge is 0.497 e. The first-order valence-electron chi connectivity index (χ1n) is 10.00. The standard InChI is InChI=1S/C24H20BrN3O3S.BrH/c1-29-17-8-5-15(6-9-17)19-13-21(23-4-3-11-31-23)28(27-19)24-26-20(14-32-24)16-7-10-22(30-2)18(25)12-16;/h3-12,14,21H,13H2,1-2H3;1H. The zero-order valence-corrected chi connectivity index (χ0v) is 22.0. The minimum absolute atomic E-state index is 0. The van der Waals surface area contributed by atoms with Crippen LogP contribution in [0.15, 0.2) is 80.2 Å². The number of benzene rings is 2. The van der Waals surface area contributed by atoms with Crippen LogP contribution >= 0.6 is 44.2 Å². The number of rotatable bonds is 6. The first-order valence-corrected chi connectivity index (χ1v) is 11.7. The van der Waals surface area contributed by atoms with Gasteiger partial charge in [-0.15, -0.1) is 28.3 Å². The maximum absolute atomic E-state index is 5.74. The molecule has 0 aliphatic carbocycles. The predicted octanol–water partition coefficient (Wildman–Crippen LogP) is 7.12.